The Hall–Kier alpha value is -2.43. The molecule has 3 rings (SSSR count). The number of aryl methyl sites for hydroxylation is 2. The fourth-order valence-corrected chi connectivity index (χ4v) is 3.12. The molecular formula is C20H26N4O. The van der Waals surface area contributed by atoms with Crippen molar-refractivity contribution in [3.05, 3.63) is 53.0 Å². The Morgan fingerprint density at radius 1 is 1.04 bits per heavy atom. The summed E-state index contributed by atoms with van der Waals surface area (Å²) in [5, 5.41) is 0. The van der Waals surface area contributed by atoms with Gasteiger partial charge in [-0.15, -0.1) is 0 Å². The fraction of sp³-hybridized carbons (Fsp3) is 0.450. The van der Waals surface area contributed by atoms with Gasteiger partial charge in [0.15, 0.2) is 0 Å². The largest absolute Gasteiger partial charge is 0.353 e. The number of anilines is 1. The quantitative estimate of drug-likeness (QED) is 0.862. The molecule has 0 bridgehead atoms. The number of carbonyl (C=O) groups excluding carboxylic acids is 1. The lowest BCUT2D eigenvalue weighted by Crippen LogP contribution is -2.49. The van der Waals surface area contributed by atoms with E-state index in [1.807, 2.05) is 49.1 Å². The lowest BCUT2D eigenvalue weighted by Gasteiger charge is -2.36. The average molecular weight is 338 g/mol. The summed E-state index contributed by atoms with van der Waals surface area (Å²) in [6, 6.07) is 9.82. The number of hydrogen-bond acceptors (Lipinski definition) is 4. The number of piperazine rings is 1. The minimum atomic E-state index is 0.125. The third-order valence-corrected chi connectivity index (χ3v) is 4.64. The summed E-state index contributed by atoms with van der Waals surface area (Å²) < 4.78 is 0. The van der Waals surface area contributed by atoms with Gasteiger partial charge in [0.2, 0.25) is 0 Å². The third kappa shape index (κ3) is 3.81. The molecule has 2 heterocycles. The van der Waals surface area contributed by atoms with Crippen molar-refractivity contribution in [1.82, 2.24) is 14.9 Å². The molecule has 1 aromatic carbocycles. The molecule has 5 heteroatoms. The molecule has 0 unspecified atom stereocenters. The predicted octanol–water partition coefficient (Wildman–Crippen LogP) is 3.18. The Kier molecular flexibility index (Phi) is 5.02. The minimum absolute atomic E-state index is 0.125. The van der Waals surface area contributed by atoms with Crippen LogP contribution in [-0.2, 0) is 0 Å². The van der Waals surface area contributed by atoms with Crippen molar-refractivity contribution in [3.8, 4) is 0 Å². The molecule has 1 amide bonds. The second kappa shape index (κ2) is 7.21. The van der Waals surface area contributed by atoms with Gasteiger partial charge in [0, 0.05) is 49.4 Å². The number of hydrogen-bond donors (Lipinski definition) is 0. The summed E-state index contributed by atoms with van der Waals surface area (Å²) in [4.78, 5) is 26.2. The molecular weight excluding hydrogens is 312 g/mol. The van der Waals surface area contributed by atoms with E-state index in [-0.39, 0.29) is 5.91 Å². The Bertz CT molecular complexity index is 764. The number of rotatable bonds is 3. The van der Waals surface area contributed by atoms with Crippen LogP contribution < -0.4 is 4.90 Å². The molecule has 0 spiro atoms. The molecule has 1 fully saturated rings. The fourth-order valence-electron chi connectivity index (χ4n) is 3.12. The van der Waals surface area contributed by atoms with Gasteiger partial charge in [-0.3, -0.25) is 4.79 Å². The Balaban J connectivity index is 1.70. The van der Waals surface area contributed by atoms with Crippen LogP contribution in [0.25, 0.3) is 0 Å². The van der Waals surface area contributed by atoms with E-state index >= 15 is 0 Å². The molecule has 1 saturated heterocycles. The summed E-state index contributed by atoms with van der Waals surface area (Å²) in [7, 11) is 0. The number of benzene rings is 1. The molecule has 132 valence electrons. The summed E-state index contributed by atoms with van der Waals surface area (Å²) in [5.74, 6) is 2.29. The zero-order valence-corrected chi connectivity index (χ0v) is 15.5. The van der Waals surface area contributed by atoms with Crippen LogP contribution >= 0.6 is 0 Å². The van der Waals surface area contributed by atoms with Crippen molar-refractivity contribution in [2.75, 3.05) is 31.1 Å². The molecule has 0 N–H and O–H groups in total. The van der Waals surface area contributed by atoms with E-state index in [4.69, 9.17) is 4.98 Å². The lowest BCUT2D eigenvalue weighted by molar-refractivity contribution is 0.0745. The Morgan fingerprint density at radius 2 is 1.72 bits per heavy atom. The Labute approximate surface area is 149 Å². The first-order valence-electron chi connectivity index (χ1n) is 8.91. The third-order valence-electron chi connectivity index (χ3n) is 4.64. The molecule has 1 aromatic heterocycles. The molecule has 0 aliphatic carbocycles. The minimum Gasteiger partial charge on any atom is -0.353 e. The zero-order valence-electron chi connectivity index (χ0n) is 15.5. The highest BCUT2D eigenvalue weighted by Crippen LogP contribution is 2.20. The molecule has 0 atom stereocenters. The van der Waals surface area contributed by atoms with Gasteiger partial charge in [-0.1, -0.05) is 32.0 Å². The molecule has 0 saturated carbocycles. The van der Waals surface area contributed by atoms with Gasteiger partial charge in [-0.25, -0.2) is 9.97 Å². The van der Waals surface area contributed by atoms with Crippen LogP contribution in [0.1, 0.15) is 47.2 Å². The van der Waals surface area contributed by atoms with E-state index in [9.17, 15) is 4.79 Å². The SMILES string of the molecule is Cc1cc(N2CCN(C(=O)c3ccccc3C)CC2)nc(C(C)C)n1. The number of aromatic nitrogens is 2. The van der Waals surface area contributed by atoms with Crippen LogP contribution in [-0.4, -0.2) is 47.0 Å². The molecule has 5 nitrogen and oxygen atoms in total. The summed E-state index contributed by atoms with van der Waals surface area (Å²) in [5.41, 5.74) is 2.82. The molecule has 25 heavy (non-hydrogen) atoms. The summed E-state index contributed by atoms with van der Waals surface area (Å²) in [6.45, 7) is 11.2. The highest BCUT2D eigenvalue weighted by molar-refractivity contribution is 5.95. The van der Waals surface area contributed by atoms with Gasteiger partial charge >= 0.3 is 0 Å². The van der Waals surface area contributed by atoms with Crippen LogP contribution in [0.5, 0.6) is 0 Å². The van der Waals surface area contributed by atoms with E-state index in [1.165, 1.54) is 0 Å². The average Bonchev–Trinajstić information content (AvgIpc) is 2.61. The predicted molar refractivity (Wildman–Crippen MR) is 100 cm³/mol. The van der Waals surface area contributed by atoms with Crippen LogP contribution in [0.2, 0.25) is 0 Å². The van der Waals surface area contributed by atoms with Crippen molar-refractivity contribution >= 4 is 11.7 Å². The van der Waals surface area contributed by atoms with Crippen LogP contribution in [0, 0.1) is 13.8 Å². The maximum Gasteiger partial charge on any atom is 0.254 e. The lowest BCUT2D eigenvalue weighted by atomic mass is 10.1. The maximum absolute atomic E-state index is 12.7. The van der Waals surface area contributed by atoms with Gasteiger partial charge in [-0.2, -0.15) is 0 Å². The van der Waals surface area contributed by atoms with Crippen molar-refractivity contribution in [2.24, 2.45) is 0 Å². The van der Waals surface area contributed by atoms with Crippen LogP contribution in [0.4, 0.5) is 5.82 Å². The van der Waals surface area contributed by atoms with E-state index in [1.54, 1.807) is 0 Å². The normalized spacial score (nSPS) is 14.9. The first-order valence-corrected chi connectivity index (χ1v) is 8.91. The number of amides is 1. The highest BCUT2D eigenvalue weighted by Gasteiger charge is 2.24. The standard InChI is InChI=1S/C20H26N4O/c1-14(2)19-21-16(4)13-18(22-19)23-9-11-24(12-10-23)20(25)17-8-6-5-7-15(17)3/h5-8,13-14H,9-12H2,1-4H3. The van der Waals surface area contributed by atoms with E-state index < -0.39 is 0 Å². The van der Waals surface area contributed by atoms with Gasteiger partial charge in [0.25, 0.3) is 5.91 Å². The van der Waals surface area contributed by atoms with Gasteiger partial charge in [0.05, 0.1) is 0 Å². The molecule has 1 aliphatic rings. The Morgan fingerprint density at radius 3 is 2.36 bits per heavy atom. The monoisotopic (exact) mass is 338 g/mol. The van der Waals surface area contributed by atoms with Gasteiger partial charge in [-0.05, 0) is 25.5 Å². The van der Waals surface area contributed by atoms with Gasteiger partial charge in [0.1, 0.15) is 11.6 Å². The number of carbonyl (C=O) groups is 1. The van der Waals surface area contributed by atoms with Crippen molar-refractivity contribution in [3.63, 3.8) is 0 Å². The van der Waals surface area contributed by atoms with Crippen molar-refractivity contribution in [2.45, 2.75) is 33.6 Å². The topological polar surface area (TPSA) is 49.3 Å². The number of nitrogens with zero attached hydrogens (tertiary/aromatic N) is 4. The van der Waals surface area contributed by atoms with Crippen molar-refractivity contribution in [1.29, 1.82) is 0 Å². The molecule has 1 aliphatic heterocycles. The van der Waals surface area contributed by atoms with E-state index in [0.29, 0.717) is 19.0 Å². The summed E-state index contributed by atoms with van der Waals surface area (Å²) >= 11 is 0. The first kappa shape index (κ1) is 17.4. The van der Waals surface area contributed by atoms with E-state index in [0.717, 1.165) is 41.6 Å². The van der Waals surface area contributed by atoms with Crippen LogP contribution in [0.3, 0.4) is 0 Å². The van der Waals surface area contributed by atoms with E-state index in [2.05, 4.69) is 23.7 Å². The summed E-state index contributed by atoms with van der Waals surface area (Å²) in [6.07, 6.45) is 0. The molecule has 0 radical (unpaired) electrons. The first-order chi connectivity index (χ1) is 12.0. The zero-order chi connectivity index (χ0) is 18.0. The highest BCUT2D eigenvalue weighted by atomic mass is 16.2. The van der Waals surface area contributed by atoms with Crippen LogP contribution in [0.15, 0.2) is 30.3 Å². The van der Waals surface area contributed by atoms with Crippen molar-refractivity contribution < 1.29 is 4.79 Å². The molecule has 2 aromatic rings. The second-order valence-corrected chi connectivity index (χ2v) is 6.97. The second-order valence-electron chi connectivity index (χ2n) is 6.97. The maximum atomic E-state index is 12.7. The smallest absolute Gasteiger partial charge is 0.254 e. The van der Waals surface area contributed by atoms with Gasteiger partial charge < -0.3 is 9.80 Å².